The average Bonchev–Trinajstić information content (AvgIpc) is 2.92. The van der Waals surface area contributed by atoms with Crippen LogP contribution in [0.25, 0.3) is 11.0 Å². The van der Waals surface area contributed by atoms with Crippen molar-refractivity contribution in [1.29, 1.82) is 0 Å². The van der Waals surface area contributed by atoms with E-state index in [4.69, 9.17) is 9.15 Å². The number of hydrogen-bond acceptors (Lipinski definition) is 4. The van der Waals surface area contributed by atoms with E-state index in [2.05, 4.69) is 4.90 Å². The zero-order valence-electron chi connectivity index (χ0n) is 11.9. The summed E-state index contributed by atoms with van der Waals surface area (Å²) >= 11 is 0. The molecule has 1 saturated heterocycles. The third-order valence-corrected chi connectivity index (χ3v) is 3.72. The molecule has 5 heteroatoms. The van der Waals surface area contributed by atoms with Gasteiger partial charge in [0.1, 0.15) is 12.2 Å². The molecule has 0 amide bonds. The molecule has 1 fully saturated rings. The predicted octanol–water partition coefficient (Wildman–Crippen LogP) is 0.0795. The van der Waals surface area contributed by atoms with Gasteiger partial charge in [0.15, 0.2) is 0 Å². The van der Waals surface area contributed by atoms with Crippen LogP contribution in [0.3, 0.4) is 0 Å². The van der Waals surface area contributed by atoms with Crippen LogP contribution in [0.4, 0.5) is 0 Å². The molecule has 0 radical (unpaired) electrons. The molecule has 1 aliphatic heterocycles. The molecule has 2 aromatic rings. The number of carbonyl (C=O) groups excluding carboxylic acids is 1. The monoisotopic (exact) mass is 308 g/mol. The number of benzene rings is 1. The number of likely N-dealkylation sites (tertiary alicyclic amines) is 1. The molecule has 0 bridgehead atoms. The van der Waals surface area contributed by atoms with E-state index in [0.717, 1.165) is 30.6 Å². The fourth-order valence-corrected chi connectivity index (χ4v) is 2.60. The van der Waals surface area contributed by atoms with Gasteiger partial charge >= 0.3 is 5.97 Å². The lowest BCUT2D eigenvalue weighted by Crippen LogP contribution is -3.00. The van der Waals surface area contributed by atoms with Crippen LogP contribution in [0.2, 0.25) is 0 Å². The largest absolute Gasteiger partial charge is 1.00 e. The first-order valence-electron chi connectivity index (χ1n) is 7.21. The van der Waals surface area contributed by atoms with E-state index in [9.17, 15) is 4.79 Å². The van der Waals surface area contributed by atoms with Crippen LogP contribution in [0.15, 0.2) is 34.7 Å². The standard InChI is InChI=1S/C16H19NO3.ClH/c18-16(19-11-10-17-8-4-1-5-9-17)15-12-13-6-2-3-7-14(13)20-15;/h2-3,6-7,12H,1,4-5,8-11H2;1H/p-1. The van der Waals surface area contributed by atoms with Crippen LogP contribution in [-0.2, 0) is 4.74 Å². The van der Waals surface area contributed by atoms with E-state index >= 15 is 0 Å². The Morgan fingerprint density at radius 1 is 1.19 bits per heavy atom. The molecule has 0 saturated carbocycles. The molecule has 1 aromatic carbocycles. The highest BCUT2D eigenvalue weighted by Gasteiger charge is 2.15. The molecule has 0 aliphatic carbocycles. The molecule has 0 atom stereocenters. The molecule has 1 aliphatic rings. The number of carbonyl (C=O) groups is 1. The summed E-state index contributed by atoms with van der Waals surface area (Å²) in [5, 5.41) is 0.926. The van der Waals surface area contributed by atoms with Crippen LogP contribution in [0, 0.1) is 0 Å². The maximum absolute atomic E-state index is 11.9. The van der Waals surface area contributed by atoms with Crippen molar-refractivity contribution in [2.45, 2.75) is 19.3 Å². The van der Waals surface area contributed by atoms with E-state index < -0.39 is 0 Å². The van der Waals surface area contributed by atoms with Gasteiger partial charge in [-0.05, 0) is 38.1 Å². The summed E-state index contributed by atoms with van der Waals surface area (Å²) in [5.41, 5.74) is 0.718. The van der Waals surface area contributed by atoms with Crippen molar-refractivity contribution in [2.75, 3.05) is 26.2 Å². The molecule has 2 heterocycles. The van der Waals surface area contributed by atoms with Gasteiger partial charge in [0, 0.05) is 11.9 Å². The Hall–Kier alpha value is -1.52. The minimum atomic E-state index is -0.377. The second-order valence-corrected chi connectivity index (χ2v) is 5.19. The quantitative estimate of drug-likeness (QED) is 0.750. The van der Waals surface area contributed by atoms with Gasteiger partial charge in [0.05, 0.1) is 0 Å². The summed E-state index contributed by atoms with van der Waals surface area (Å²) in [7, 11) is 0. The zero-order valence-corrected chi connectivity index (χ0v) is 12.6. The zero-order chi connectivity index (χ0) is 13.8. The second kappa shape index (κ2) is 7.48. The first-order chi connectivity index (χ1) is 9.83. The lowest BCUT2D eigenvalue weighted by Gasteiger charge is -2.25. The fraction of sp³-hybridized carbons (Fsp3) is 0.438. The average molecular weight is 309 g/mol. The lowest BCUT2D eigenvalue weighted by molar-refractivity contribution is -0.0000234. The van der Waals surface area contributed by atoms with Gasteiger partial charge in [0.25, 0.3) is 0 Å². The number of halogens is 1. The first-order valence-corrected chi connectivity index (χ1v) is 7.21. The van der Waals surface area contributed by atoms with Gasteiger partial charge in [-0.25, -0.2) is 4.79 Å². The fourth-order valence-electron chi connectivity index (χ4n) is 2.60. The maximum atomic E-state index is 11.9. The number of piperidine rings is 1. The summed E-state index contributed by atoms with van der Waals surface area (Å²) in [6, 6.07) is 9.31. The normalized spacial score (nSPS) is 15.6. The van der Waals surface area contributed by atoms with Crippen LogP contribution in [0.5, 0.6) is 0 Å². The van der Waals surface area contributed by atoms with E-state index in [1.54, 1.807) is 6.07 Å². The highest BCUT2D eigenvalue weighted by molar-refractivity contribution is 5.92. The summed E-state index contributed by atoms with van der Waals surface area (Å²) in [6.07, 6.45) is 3.81. The van der Waals surface area contributed by atoms with Crippen molar-refractivity contribution in [3.8, 4) is 0 Å². The Morgan fingerprint density at radius 3 is 2.71 bits per heavy atom. The second-order valence-electron chi connectivity index (χ2n) is 5.19. The highest BCUT2D eigenvalue weighted by atomic mass is 35.5. The number of nitrogens with zero attached hydrogens (tertiary/aromatic N) is 1. The molecule has 4 nitrogen and oxygen atoms in total. The number of hydrogen-bond donors (Lipinski definition) is 0. The summed E-state index contributed by atoms with van der Waals surface area (Å²) in [6.45, 7) is 3.46. The molecular weight excluding hydrogens is 290 g/mol. The van der Waals surface area contributed by atoms with Crippen LogP contribution in [0.1, 0.15) is 29.8 Å². The Bertz CT molecular complexity index is 557. The topological polar surface area (TPSA) is 42.7 Å². The molecular formula is C16H19ClNO3-. The van der Waals surface area contributed by atoms with Crippen molar-refractivity contribution in [3.05, 3.63) is 36.1 Å². The van der Waals surface area contributed by atoms with E-state index in [1.807, 2.05) is 24.3 Å². The molecule has 1 aromatic heterocycles. The number of fused-ring (bicyclic) bond motifs is 1. The Labute approximate surface area is 130 Å². The van der Waals surface area contributed by atoms with Gasteiger partial charge in [-0.1, -0.05) is 24.6 Å². The van der Waals surface area contributed by atoms with Crippen molar-refractivity contribution >= 4 is 16.9 Å². The van der Waals surface area contributed by atoms with Crippen LogP contribution in [-0.4, -0.2) is 37.1 Å². The number of para-hydroxylation sites is 1. The Morgan fingerprint density at radius 2 is 1.95 bits per heavy atom. The summed E-state index contributed by atoms with van der Waals surface area (Å²) < 4.78 is 10.8. The SMILES string of the molecule is O=C(OCCN1CCCCC1)c1cc2ccccc2o1.[Cl-]. The smallest absolute Gasteiger partial charge is 0.374 e. The van der Waals surface area contributed by atoms with E-state index in [0.29, 0.717) is 6.61 Å². The van der Waals surface area contributed by atoms with E-state index in [-0.39, 0.29) is 24.1 Å². The Kier molecular flexibility index (Phi) is 5.65. The van der Waals surface area contributed by atoms with Gasteiger partial charge in [-0.3, -0.25) is 4.90 Å². The minimum Gasteiger partial charge on any atom is -1.00 e. The molecule has 21 heavy (non-hydrogen) atoms. The Balaban J connectivity index is 0.00000161. The third-order valence-electron chi connectivity index (χ3n) is 3.72. The van der Waals surface area contributed by atoms with Gasteiger partial charge < -0.3 is 21.6 Å². The third kappa shape index (κ3) is 3.99. The highest BCUT2D eigenvalue weighted by Crippen LogP contribution is 2.19. The number of rotatable bonds is 4. The summed E-state index contributed by atoms with van der Waals surface area (Å²) in [5.74, 6) is -0.0944. The predicted molar refractivity (Wildman–Crippen MR) is 76.8 cm³/mol. The number of ether oxygens (including phenoxy) is 1. The minimum absolute atomic E-state index is 0. The molecule has 3 rings (SSSR count). The van der Waals surface area contributed by atoms with Crippen molar-refractivity contribution in [3.63, 3.8) is 0 Å². The molecule has 0 N–H and O–H groups in total. The molecule has 0 unspecified atom stereocenters. The van der Waals surface area contributed by atoms with Crippen molar-refractivity contribution < 1.29 is 26.4 Å². The van der Waals surface area contributed by atoms with Crippen LogP contribution < -0.4 is 12.4 Å². The van der Waals surface area contributed by atoms with E-state index in [1.165, 1.54) is 19.3 Å². The van der Waals surface area contributed by atoms with Gasteiger partial charge in [-0.2, -0.15) is 0 Å². The summed E-state index contributed by atoms with van der Waals surface area (Å²) in [4.78, 5) is 14.3. The number of esters is 1. The maximum Gasteiger partial charge on any atom is 0.374 e. The van der Waals surface area contributed by atoms with Crippen molar-refractivity contribution in [2.24, 2.45) is 0 Å². The first kappa shape index (κ1) is 15.9. The molecule has 0 spiro atoms. The lowest BCUT2D eigenvalue weighted by atomic mass is 10.1. The van der Waals surface area contributed by atoms with Crippen LogP contribution >= 0.6 is 0 Å². The van der Waals surface area contributed by atoms with Gasteiger partial charge in [0.2, 0.25) is 5.76 Å². The molecule has 114 valence electrons. The van der Waals surface area contributed by atoms with Gasteiger partial charge in [-0.15, -0.1) is 0 Å². The number of furan rings is 1. The van der Waals surface area contributed by atoms with Crippen molar-refractivity contribution in [1.82, 2.24) is 4.90 Å².